The van der Waals surface area contributed by atoms with Crippen LogP contribution in [-0.2, 0) is 20.9 Å². The quantitative estimate of drug-likeness (QED) is 0.563. The molecule has 0 bridgehead atoms. The van der Waals surface area contributed by atoms with Crippen molar-refractivity contribution in [1.29, 1.82) is 0 Å². The first-order valence-corrected chi connectivity index (χ1v) is 10.6. The average Bonchev–Trinajstić information content (AvgIpc) is 3.20. The van der Waals surface area contributed by atoms with E-state index >= 15 is 0 Å². The van der Waals surface area contributed by atoms with Gasteiger partial charge in [-0.25, -0.2) is 0 Å². The molecule has 0 saturated carbocycles. The molecule has 8 nitrogen and oxygen atoms in total. The van der Waals surface area contributed by atoms with Crippen molar-refractivity contribution in [2.24, 2.45) is 5.73 Å². The number of imide groups is 1. The number of carbonyl (C=O) groups is 4. The van der Waals surface area contributed by atoms with Crippen LogP contribution < -0.4 is 11.1 Å². The van der Waals surface area contributed by atoms with Gasteiger partial charge in [0.15, 0.2) is 0 Å². The summed E-state index contributed by atoms with van der Waals surface area (Å²) in [6, 6.07) is 14.6. The van der Waals surface area contributed by atoms with Crippen molar-refractivity contribution >= 4 is 57.4 Å². The molecule has 1 aliphatic heterocycles. The molecular weight excluding hydrogens is 428 g/mol. The number of para-hydroxylation sites is 1. The summed E-state index contributed by atoms with van der Waals surface area (Å²) in [5.41, 5.74) is 8.37. The Hall–Kier alpha value is -3.85. The number of amides is 4. The number of benzene rings is 2. The molecule has 1 saturated heterocycles. The molecule has 0 spiro atoms. The van der Waals surface area contributed by atoms with Gasteiger partial charge in [0.05, 0.1) is 4.91 Å². The zero-order valence-corrected chi connectivity index (χ0v) is 18.0. The summed E-state index contributed by atoms with van der Waals surface area (Å²) in [6.07, 6.45) is 3.32. The van der Waals surface area contributed by atoms with Gasteiger partial charge >= 0.3 is 0 Å². The minimum Gasteiger partial charge on any atom is -0.368 e. The van der Waals surface area contributed by atoms with Crippen molar-refractivity contribution in [1.82, 2.24) is 9.47 Å². The normalized spacial score (nSPS) is 15.0. The van der Waals surface area contributed by atoms with E-state index in [-0.39, 0.29) is 18.0 Å². The van der Waals surface area contributed by atoms with Crippen LogP contribution >= 0.6 is 11.8 Å². The van der Waals surface area contributed by atoms with E-state index in [9.17, 15) is 19.2 Å². The molecule has 0 aliphatic carbocycles. The van der Waals surface area contributed by atoms with Crippen LogP contribution in [0.4, 0.5) is 10.5 Å². The fraction of sp³-hybridized carbons (Fsp3) is 0.130. The maximum Gasteiger partial charge on any atom is 0.294 e. The Balaban J connectivity index is 1.55. The van der Waals surface area contributed by atoms with Gasteiger partial charge in [0.1, 0.15) is 13.1 Å². The third-order valence-corrected chi connectivity index (χ3v) is 5.82. The minimum absolute atomic E-state index is 0.00500. The molecule has 32 heavy (non-hydrogen) atoms. The molecule has 162 valence electrons. The summed E-state index contributed by atoms with van der Waals surface area (Å²) in [5, 5.41) is 3.00. The lowest BCUT2D eigenvalue weighted by Crippen LogP contribution is -2.36. The van der Waals surface area contributed by atoms with E-state index in [2.05, 4.69) is 5.32 Å². The van der Waals surface area contributed by atoms with Crippen molar-refractivity contribution in [3.05, 3.63) is 70.8 Å². The van der Waals surface area contributed by atoms with Crippen LogP contribution in [0.5, 0.6) is 0 Å². The zero-order chi connectivity index (χ0) is 22.8. The highest BCUT2D eigenvalue weighted by Gasteiger charge is 2.36. The number of anilines is 1. The number of carbonyl (C=O) groups excluding carboxylic acids is 4. The summed E-state index contributed by atoms with van der Waals surface area (Å²) in [7, 11) is 0. The second-order valence-corrected chi connectivity index (χ2v) is 8.37. The van der Waals surface area contributed by atoms with Crippen molar-refractivity contribution in [2.75, 3.05) is 11.9 Å². The van der Waals surface area contributed by atoms with E-state index in [1.54, 1.807) is 29.0 Å². The van der Waals surface area contributed by atoms with Gasteiger partial charge in [-0.15, -0.1) is 0 Å². The number of nitrogens with one attached hydrogen (secondary N) is 1. The second kappa shape index (κ2) is 8.72. The van der Waals surface area contributed by atoms with Crippen molar-refractivity contribution < 1.29 is 19.2 Å². The maximum absolute atomic E-state index is 12.8. The first kappa shape index (κ1) is 21.4. The number of fused-ring (bicyclic) bond motifs is 1. The maximum atomic E-state index is 12.8. The molecule has 3 aromatic rings. The Labute approximate surface area is 188 Å². The van der Waals surface area contributed by atoms with Gasteiger partial charge in [0.2, 0.25) is 11.8 Å². The molecule has 0 radical (unpaired) electrons. The van der Waals surface area contributed by atoms with E-state index in [1.807, 2.05) is 43.3 Å². The number of hydrogen-bond acceptors (Lipinski definition) is 5. The van der Waals surface area contributed by atoms with E-state index < -0.39 is 23.0 Å². The fourth-order valence-corrected chi connectivity index (χ4v) is 4.36. The molecule has 0 unspecified atom stereocenters. The molecule has 0 atom stereocenters. The Morgan fingerprint density at radius 2 is 1.88 bits per heavy atom. The molecule has 4 amide bonds. The van der Waals surface area contributed by atoms with Crippen molar-refractivity contribution in [3.8, 4) is 0 Å². The van der Waals surface area contributed by atoms with E-state index in [0.29, 0.717) is 11.3 Å². The van der Waals surface area contributed by atoms with Gasteiger partial charge < -0.3 is 15.6 Å². The molecular formula is C23H20N4O4S. The number of primary amides is 1. The van der Waals surface area contributed by atoms with Crippen molar-refractivity contribution in [3.63, 3.8) is 0 Å². The van der Waals surface area contributed by atoms with Crippen LogP contribution in [0.2, 0.25) is 0 Å². The average molecular weight is 449 g/mol. The number of nitrogens with zero attached hydrogens (tertiary/aromatic N) is 2. The zero-order valence-electron chi connectivity index (χ0n) is 17.2. The van der Waals surface area contributed by atoms with Gasteiger partial charge in [-0.1, -0.05) is 30.3 Å². The van der Waals surface area contributed by atoms with Gasteiger partial charge in [-0.2, -0.15) is 0 Å². The third-order valence-electron chi connectivity index (χ3n) is 4.91. The lowest BCUT2D eigenvalue weighted by molar-refractivity contribution is -0.127. The summed E-state index contributed by atoms with van der Waals surface area (Å²) >= 11 is 0.777. The number of aromatic nitrogens is 1. The predicted molar refractivity (Wildman–Crippen MR) is 124 cm³/mol. The lowest BCUT2D eigenvalue weighted by Gasteiger charge is -2.12. The van der Waals surface area contributed by atoms with Crippen LogP contribution in [0.15, 0.2) is 59.6 Å². The summed E-state index contributed by atoms with van der Waals surface area (Å²) in [6.45, 7) is 1.52. The molecule has 2 aromatic carbocycles. The minimum atomic E-state index is -0.536. The predicted octanol–water partition coefficient (Wildman–Crippen LogP) is 3.11. The van der Waals surface area contributed by atoms with E-state index in [0.717, 1.165) is 33.1 Å². The van der Waals surface area contributed by atoms with Crippen LogP contribution in [0, 0.1) is 6.92 Å². The highest BCUT2D eigenvalue weighted by molar-refractivity contribution is 8.18. The van der Waals surface area contributed by atoms with E-state index in [4.69, 9.17) is 5.73 Å². The monoisotopic (exact) mass is 448 g/mol. The highest BCUT2D eigenvalue weighted by atomic mass is 32.2. The lowest BCUT2D eigenvalue weighted by atomic mass is 10.1. The summed E-state index contributed by atoms with van der Waals surface area (Å²) in [5.74, 6) is -1.49. The molecule has 9 heteroatoms. The molecule has 3 N–H and O–H groups in total. The molecule has 1 aromatic heterocycles. The first-order chi connectivity index (χ1) is 15.3. The van der Waals surface area contributed by atoms with Crippen LogP contribution in [0.25, 0.3) is 17.0 Å². The Morgan fingerprint density at radius 3 is 2.62 bits per heavy atom. The molecule has 1 fully saturated rings. The SMILES string of the molecule is Cc1cccc(NC(=O)CN2C(=O)SC(=Cc3cn(CC(N)=O)c4ccccc34)C2=O)c1. The number of nitrogens with two attached hydrogens (primary N) is 1. The Bertz CT molecular complexity index is 1290. The number of thioether (sulfide) groups is 1. The first-order valence-electron chi connectivity index (χ1n) is 9.80. The van der Waals surface area contributed by atoms with Gasteiger partial charge in [-0.05, 0) is 48.5 Å². The molecule has 4 rings (SSSR count). The van der Waals surface area contributed by atoms with Gasteiger partial charge in [0, 0.05) is 28.4 Å². The van der Waals surface area contributed by atoms with Crippen molar-refractivity contribution in [2.45, 2.75) is 13.5 Å². The Morgan fingerprint density at radius 1 is 1.09 bits per heavy atom. The Kier molecular flexibility index (Phi) is 5.83. The van der Waals surface area contributed by atoms with E-state index in [1.165, 1.54) is 0 Å². The topological polar surface area (TPSA) is 114 Å². The van der Waals surface area contributed by atoms with Crippen LogP contribution in [0.1, 0.15) is 11.1 Å². The largest absolute Gasteiger partial charge is 0.368 e. The van der Waals surface area contributed by atoms with Crippen LogP contribution in [-0.4, -0.2) is 39.0 Å². The van der Waals surface area contributed by atoms with Gasteiger partial charge in [-0.3, -0.25) is 24.1 Å². The van der Waals surface area contributed by atoms with Crippen LogP contribution in [0.3, 0.4) is 0 Å². The van der Waals surface area contributed by atoms with Gasteiger partial charge in [0.25, 0.3) is 11.1 Å². The molecule has 2 heterocycles. The highest BCUT2D eigenvalue weighted by Crippen LogP contribution is 2.34. The summed E-state index contributed by atoms with van der Waals surface area (Å²) in [4.78, 5) is 50.2. The third kappa shape index (κ3) is 4.42. The molecule has 1 aliphatic rings. The second-order valence-electron chi connectivity index (χ2n) is 7.38. The number of aryl methyl sites for hydroxylation is 1. The number of hydrogen-bond donors (Lipinski definition) is 2. The smallest absolute Gasteiger partial charge is 0.294 e. The fourth-order valence-electron chi connectivity index (χ4n) is 3.53. The number of rotatable bonds is 6. The standard InChI is InChI=1S/C23H20N4O4S/c1-14-5-4-6-16(9-14)25-21(29)13-27-22(30)19(32-23(27)31)10-15-11-26(12-20(24)28)18-8-3-2-7-17(15)18/h2-11H,12-13H2,1H3,(H2,24,28)(H,25,29). The summed E-state index contributed by atoms with van der Waals surface area (Å²) < 4.78 is 1.70.